The summed E-state index contributed by atoms with van der Waals surface area (Å²) in [5, 5.41) is 8.67. The first-order valence-corrected chi connectivity index (χ1v) is 5.43. The lowest BCUT2D eigenvalue weighted by molar-refractivity contribution is -0.137. The van der Waals surface area contributed by atoms with Crippen LogP contribution in [0, 0.1) is 0 Å². The molecule has 0 bridgehead atoms. The van der Waals surface area contributed by atoms with Crippen LogP contribution in [-0.4, -0.2) is 16.1 Å². The van der Waals surface area contributed by atoms with Crippen LogP contribution in [0.25, 0.3) is 0 Å². The molecule has 3 nitrogen and oxygen atoms in total. The molecule has 2 rings (SSSR count). The van der Waals surface area contributed by atoms with Gasteiger partial charge >= 0.3 is 5.97 Å². The van der Waals surface area contributed by atoms with Gasteiger partial charge in [0.25, 0.3) is 0 Å². The van der Waals surface area contributed by atoms with E-state index in [1.165, 1.54) is 5.56 Å². The number of pyridine rings is 1. The van der Waals surface area contributed by atoms with Crippen LogP contribution in [-0.2, 0) is 11.2 Å². The maximum atomic E-state index is 10.5. The standard InChI is InChI=1S/C12H15NO2/c14-11(15)7-6-10-4-1-3-9-5-2-8-13-12(9)10/h2,5,8,10H,1,3-4,6-7H2,(H,14,15). The second kappa shape index (κ2) is 4.43. The van der Waals surface area contributed by atoms with Crippen molar-refractivity contribution in [2.45, 2.75) is 38.0 Å². The van der Waals surface area contributed by atoms with Crippen molar-refractivity contribution in [1.29, 1.82) is 0 Å². The minimum Gasteiger partial charge on any atom is -0.481 e. The maximum absolute atomic E-state index is 10.5. The van der Waals surface area contributed by atoms with Crippen LogP contribution in [0.1, 0.15) is 42.9 Å². The first-order chi connectivity index (χ1) is 7.27. The summed E-state index contributed by atoms with van der Waals surface area (Å²) >= 11 is 0. The SMILES string of the molecule is O=C(O)CCC1CCCc2cccnc21. The highest BCUT2D eigenvalue weighted by molar-refractivity contribution is 5.66. The van der Waals surface area contributed by atoms with E-state index in [4.69, 9.17) is 5.11 Å². The largest absolute Gasteiger partial charge is 0.481 e. The van der Waals surface area contributed by atoms with Gasteiger partial charge < -0.3 is 5.11 Å². The summed E-state index contributed by atoms with van der Waals surface area (Å²) in [6.45, 7) is 0. The number of aromatic nitrogens is 1. The Balaban J connectivity index is 2.11. The van der Waals surface area contributed by atoms with E-state index in [1.54, 1.807) is 6.20 Å². The summed E-state index contributed by atoms with van der Waals surface area (Å²) in [6.07, 6.45) is 6.10. The normalized spacial score (nSPS) is 19.6. The molecule has 0 fully saturated rings. The molecule has 1 unspecified atom stereocenters. The number of nitrogens with zero attached hydrogens (tertiary/aromatic N) is 1. The van der Waals surface area contributed by atoms with Gasteiger partial charge in [-0.2, -0.15) is 0 Å². The Morgan fingerprint density at radius 1 is 1.60 bits per heavy atom. The highest BCUT2D eigenvalue weighted by Crippen LogP contribution is 2.32. The number of hydrogen-bond acceptors (Lipinski definition) is 2. The summed E-state index contributed by atoms with van der Waals surface area (Å²) in [5.74, 6) is -0.357. The van der Waals surface area contributed by atoms with Crippen molar-refractivity contribution in [3.8, 4) is 0 Å². The topological polar surface area (TPSA) is 50.2 Å². The molecule has 0 amide bonds. The zero-order valence-electron chi connectivity index (χ0n) is 8.65. The number of aliphatic carboxylic acids is 1. The second-order valence-corrected chi connectivity index (χ2v) is 4.07. The van der Waals surface area contributed by atoms with Gasteiger partial charge in [0, 0.05) is 24.2 Å². The van der Waals surface area contributed by atoms with Gasteiger partial charge in [-0.3, -0.25) is 9.78 Å². The molecule has 1 aromatic heterocycles. The second-order valence-electron chi connectivity index (χ2n) is 4.07. The fourth-order valence-corrected chi connectivity index (χ4v) is 2.28. The van der Waals surface area contributed by atoms with Crippen molar-refractivity contribution in [3.63, 3.8) is 0 Å². The predicted molar refractivity (Wildman–Crippen MR) is 56.8 cm³/mol. The van der Waals surface area contributed by atoms with Gasteiger partial charge in [-0.05, 0) is 37.3 Å². The molecule has 0 aliphatic heterocycles. The number of carboxylic acids is 1. The molecule has 80 valence electrons. The molecular formula is C12H15NO2. The number of rotatable bonds is 3. The maximum Gasteiger partial charge on any atom is 0.303 e. The molecule has 0 saturated heterocycles. The van der Waals surface area contributed by atoms with Crippen LogP contribution in [0.5, 0.6) is 0 Å². The highest BCUT2D eigenvalue weighted by Gasteiger charge is 2.21. The quantitative estimate of drug-likeness (QED) is 0.824. The van der Waals surface area contributed by atoms with E-state index in [-0.39, 0.29) is 6.42 Å². The molecule has 15 heavy (non-hydrogen) atoms. The van der Waals surface area contributed by atoms with Gasteiger partial charge in [-0.1, -0.05) is 6.07 Å². The van der Waals surface area contributed by atoms with Crippen molar-refractivity contribution in [3.05, 3.63) is 29.6 Å². The van der Waals surface area contributed by atoms with E-state index in [0.717, 1.165) is 31.4 Å². The van der Waals surface area contributed by atoms with Crippen LogP contribution in [0.4, 0.5) is 0 Å². The monoisotopic (exact) mass is 205 g/mol. The summed E-state index contributed by atoms with van der Waals surface area (Å²) in [4.78, 5) is 14.9. The Kier molecular flexibility index (Phi) is 2.99. The third kappa shape index (κ3) is 2.35. The van der Waals surface area contributed by atoms with Crippen molar-refractivity contribution in [2.75, 3.05) is 0 Å². The molecule has 0 aromatic carbocycles. The smallest absolute Gasteiger partial charge is 0.303 e. The van der Waals surface area contributed by atoms with Crippen molar-refractivity contribution in [1.82, 2.24) is 4.98 Å². The molecule has 0 radical (unpaired) electrons. The van der Waals surface area contributed by atoms with E-state index in [2.05, 4.69) is 11.1 Å². The van der Waals surface area contributed by atoms with Crippen LogP contribution in [0.15, 0.2) is 18.3 Å². The minimum atomic E-state index is -0.710. The Bertz CT molecular complexity index is 362. The molecule has 1 atom stereocenters. The van der Waals surface area contributed by atoms with Crippen LogP contribution < -0.4 is 0 Å². The lowest BCUT2D eigenvalue weighted by Gasteiger charge is -2.23. The van der Waals surface area contributed by atoms with Gasteiger partial charge in [0.05, 0.1) is 0 Å². The van der Waals surface area contributed by atoms with Gasteiger partial charge in [0.2, 0.25) is 0 Å². The fourth-order valence-electron chi connectivity index (χ4n) is 2.28. The number of carboxylic acid groups (broad SMARTS) is 1. The average molecular weight is 205 g/mol. The van der Waals surface area contributed by atoms with Gasteiger partial charge in [0.15, 0.2) is 0 Å². The molecule has 1 N–H and O–H groups in total. The lowest BCUT2D eigenvalue weighted by Crippen LogP contribution is -2.13. The zero-order chi connectivity index (χ0) is 10.7. The zero-order valence-corrected chi connectivity index (χ0v) is 8.65. The van der Waals surface area contributed by atoms with Crippen molar-refractivity contribution >= 4 is 5.97 Å². The molecule has 0 saturated carbocycles. The molecule has 0 spiro atoms. The summed E-state index contributed by atoms with van der Waals surface area (Å²) in [5.41, 5.74) is 2.43. The molecule has 1 aliphatic rings. The van der Waals surface area contributed by atoms with Crippen molar-refractivity contribution in [2.24, 2.45) is 0 Å². The minimum absolute atomic E-state index is 0.251. The van der Waals surface area contributed by atoms with E-state index in [1.807, 2.05) is 6.07 Å². The van der Waals surface area contributed by atoms with Gasteiger partial charge in [-0.25, -0.2) is 0 Å². The average Bonchev–Trinajstić information content (AvgIpc) is 2.26. The van der Waals surface area contributed by atoms with E-state index >= 15 is 0 Å². The van der Waals surface area contributed by atoms with Crippen molar-refractivity contribution < 1.29 is 9.90 Å². The number of hydrogen-bond donors (Lipinski definition) is 1. The molecular weight excluding hydrogens is 190 g/mol. The number of aryl methyl sites for hydroxylation is 1. The molecule has 3 heteroatoms. The molecule has 1 aromatic rings. The number of fused-ring (bicyclic) bond motifs is 1. The van der Waals surface area contributed by atoms with Crippen LogP contribution in [0.2, 0.25) is 0 Å². The Morgan fingerprint density at radius 2 is 2.47 bits per heavy atom. The third-order valence-corrected chi connectivity index (χ3v) is 3.02. The van der Waals surface area contributed by atoms with Gasteiger partial charge in [0.1, 0.15) is 0 Å². The number of carbonyl (C=O) groups is 1. The molecule has 1 aliphatic carbocycles. The van der Waals surface area contributed by atoms with E-state index in [0.29, 0.717) is 5.92 Å². The highest BCUT2D eigenvalue weighted by atomic mass is 16.4. The van der Waals surface area contributed by atoms with Crippen LogP contribution in [0.3, 0.4) is 0 Å². The predicted octanol–water partition coefficient (Wildman–Crippen LogP) is 2.37. The summed E-state index contributed by atoms with van der Waals surface area (Å²) in [6, 6.07) is 4.06. The van der Waals surface area contributed by atoms with E-state index in [9.17, 15) is 4.79 Å². The Labute approximate surface area is 89.2 Å². The lowest BCUT2D eigenvalue weighted by atomic mass is 9.84. The third-order valence-electron chi connectivity index (χ3n) is 3.02. The summed E-state index contributed by atoms with van der Waals surface area (Å²) in [7, 11) is 0. The Morgan fingerprint density at radius 3 is 3.27 bits per heavy atom. The Hall–Kier alpha value is -1.38. The molecule has 1 heterocycles. The van der Waals surface area contributed by atoms with E-state index < -0.39 is 5.97 Å². The first-order valence-electron chi connectivity index (χ1n) is 5.43. The fraction of sp³-hybridized carbons (Fsp3) is 0.500. The van der Waals surface area contributed by atoms with Crippen LogP contribution >= 0.6 is 0 Å². The summed E-state index contributed by atoms with van der Waals surface area (Å²) < 4.78 is 0. The van der Waals surface area contributed by atoms with Gasteiger partial charge in [-0.15, -0.1) is 0 Å². The first kappa shape index (κ1) is 10.1.